The standard InChI is InChI=1S/C36H36O10/c1-24-15-28(16-25(2)35(24)46-36(37)27-5-9-29(10-6-27)42-21-38-17-33-19-40-33)26-3-7-30(8-4-26)44-23-45-32-13-11-31(12-14-32)43-22-39-18-34-20-41-34/h3-16,33-34H,17-23H2,1-2H3. The fourth-order valence-corrected chi connectivity index (χ4v) is 4.57. The summed E-state index contributed by atoms with van der Waals surface area (Å²) < 4.78 is 49.3. The molecule has 2 aliphatic heterocycles. The Balaban J connectivity index is 0.958. The topological polar surface area (TPSA) is 107 Å². The van der Waals surface area contributed by atoms with Crippen LogP contribution in [0.5, 0.6) is 28.7 Å². The minimum Gasteiger partial charge on any atom is -0.468 e. The Bertz CT molecular complexity index is 1550. The molecule has 2 saturated heterocycles. The average molecular weight is 629 g/mol. The Hall–Kier alpha value is -4.61. The number of epoxide rings is 2. The summed E-state index contributed by atoms with van der Waals surface area (Å²) in [5.74, 6) is 2.73. The van der Waals surface area contributed by atoms with Gasteiger partial charge in [-0.05, 0) is 109 Å². The van der Waals surface area contributed by atoms with E-state index in [1.54, 1.807) is 24.3 Å². The predicted octanol–water partition coefficient (Wildman–Crippen LogP) is 6.11. The summed E-state index contributed by atoms with van der Waals surface area (Å²) >= 11 is 0. The van der Waals surface area contributed by atoms with E-state index in [2.05, 4.69) is 0 Å². The molecule has 240 valence electrons. The molecule has 10 heteroatoms. The molecule has 2 aliphatic rings. The maximum Gasteiger partial charge on any atom is 0.343 e. The first-order chi connectivity index (χ1) is 22.5. The number of benzene rings is 4. The van der Waals surface area contributed by atoms with Crippen molar-refractivity contribution in [1.29, 1.82) is 0 Å². The molecule has 0 amide bonds. The second-order valence-corrected chi connectivity index (χ2v) is 10.9. The lowest BCUT2D eigenvalue weighted by molar-refractivity contribution is 0.00806. The molecular weight excluding hydrogens is 592 g/mol. The van der Waals surface area contributed by atoms with Crippen molar-refractivity contribution in [3.63, 3.8) is 0 Å². The zero-order valence-corrected chi connectivity index (χ0v) is 25.8. The summed E-state index contributed by atoms with van der Waals surface area (Å²) in [5, 5.41) is 0. The fourth-order valence-electron chi connectivity index (χ4n) is 4.57. The molecule has 0 saturated carbocycles. The Morgan fingerprint density at radius 3 is 1.48 bits per heavy atom. The van der Waals surface area contributed by atoms with Gasteiger partial charge in [0.25, 0.3) is 0 Å². The fraction of sp³-hybridized carbons (Fsp3) is 0.306. The molecule has 46 heavy (non-hydrogen) atoms. The summed E-state index contributed by atoms with van der Waals surface area (Å²) in [6.07, 6.45) is 0.398. The molecule has 2 fully saturated rings. The highest BCUT2D eigenvalue weighted by Crippen LogP contribution is 2.32. The van der Waals surface area contributed by atoms with Crippen molar-refractivity contribution in [3.8, 4) is 39.9 Å². The van der Waals surface area contributed by atoms with Gasteiger partial charge in [-0.3, -0.25) is 0 Å². The lowest BCUT2D eigenvalue weighted by Crippen LogP contribution is -2.11. The van der Waals surface area contributed by atoms with E-state index >= 15 is 0 Å². The zero-order valence-electron chi connectivity index (χ0n) is 25.8. The van der Waals surface area contributed by atoms with Crippen molar-refractivity contribution in [3.05, 3.63) is 102 Å². The number of hydrogen-bond donors (Lipinski definition) is 0. The van der Waals surface area contributed by atoms with Crippen LogP contribution in [0.25, 0.3) is 11.1 Å². The lowest BCUT2D eigenvalue weighted by atomic mass is 9.99. The molecule has 4 aromatic carbocycles. The summed E-state index contributed by atoms with van der Waals surface area (Å²) in [4.78, 5) is 12.9. The summed E-state index contributed by atoms with van der Waals surface area (Å²) in [6, 6.07) is 25.8. The SMILES string of the molecule is Cc1cc(-c2ccc(OCOc3ccc(OCOCC4CO4)cc3)cc2)cc(C)c1OC(=O)c1ccc(OCOCC2CO2)cc1. The Morgan fingerprint density at radius 1 is 0.609 bits per heavy atom. The van der Waals surface area contributed by atoms with Gasteiger partial charge >= 0.3 is 5.97 Å². The van der Waals surface area contributed by atoms with Crippen molar-refractivity contribution in [2.24, 2.45) is 0 Å². The van der Waals surface area contributed by atoms with Gasteiger partial charge in [-0.2, -0.15) is 0 Å². The van der Waals surface area contributed by atoms with Crippen molar-refractivity contribution in [2.75, 3.05) is 46.8 Å². The molecule has 10 nitrogen and oxygen atoms in total. The van der Waals surface area contributed by atoms with Crippen LogP contribution in [0.1, 0.15) is 21.5 Å². The quantitative estimate of drug-likeness (QED) is 0.0447. The number of hydrogen-bond acceptors (Lipinski definition) is 10. The van der Waals surface area contributed by atoms with Crippen LogP contribution in [0.2, 0.25) is 0 Å². The smallest absolute Gasteiger partial charge is 0.343 e. The van der Waals surface area contributed by atoms with Crippen molar-refractivity contribution in [2.45, 2.75) is 26.1 Å². The van der Waals surface area contributed by atoms with E-state index in [1.165, 1.54) is 0 Å². The molecule has 0 N–H and O–H groups in total. The molecule has 0 aromatic heterocycles. The van der Waals surface area contributed by atoms with Crippen LogP contribution in [0.3, 0.4) is 0 Å². The monoisotopic (exact) mass is 628 g/mol. The van der Waals surface area contributed by atoms with Crippen LogP contribution in [-0.4, -0.2) is 65.0 Å². The molecule has 0 radical (unpaired) electrons. The summed E-state index contributed by atoms with van der Waals surface area (Å²) in [7, 11) is 0. The molecule has 0 spiro atoms. The Morgan fingerprint density at radius 2 is 1.02 bits per heavy atom. The van der Waals surface area contributed by atoms with E-state index in [-0.39, 0.29) is 32.6 Å². The van der Waals surface area contributed by atoms with Gasteiger partial charge in [0.2, 0.25) is 6.79 Å². The van der Waals surface area contributed by atoms with E-state index < -0.39 is 5.97 Å². The number of carbonyl (C=O) groups is 1. The molecule has 0 aliphatic carbocycles. The van der Waals surface area contributed by atoms with Crippen molar-refractivity contribution >= 4 is 5.97 Å². The van der Waals surface area contributed by atoms with E-state index in [4.69, 9.17) is 42.6 Å². The largest absolute Gasteiger partial charge is 0.468 e. The Labute approximate surface area is 267 Å². The lowest BCUT2D eigenvalue weighted by Gasteiger charge is -2.14. The van der Waals surface area contributed by atoms with E-state index in [0.29, 0.717) is 47.5 Å². The first kappa shape index (κ1) is 31.4. The van der Waals surface area contributed by atoms with Crippen LogP contribution in [0, 0.1) is 13.8 Å². The van der Waals surface area contributed by atoms with Gasteiger partial charge < -0.3 is 42.6 Å². The number of ether oxygens (including phenoxy) is 9. The molecule has 6 rings (SSSR count). The van der Waals surface area contributed by atoms with E-state index in [0.717, 1.165) is 35.5 Å². The van der Waals surface area contributed by atoms with Crippen molar-refractivity contribution in [1.82, 2.24) is 0 Å². The Kier molecular flexibility index (Phi) is 10.3. The van der Waals surface area contributed by atoms with Gasteiger partial charge in [0.05, 0.1) is 32.0 Å². The predicted molar refractivity (Wildman–Crippen MR) is 168 cm³/mol. The van der Waals surface area contributed by atoms with Crippen molar-refractivity contribution < 1.29 is 47.4 Å². The summed E-state index contributed by atoms with van der Waals surface area (Å²) in [6.45, 7) is 6.76. The highest BCUT2D eigenvalue weighted by molar-refractivity contribution is 5.91. The second kappa shape index (κ2) is 15.1. The molecule has 2 unspecified atom stereocenters. The summed E-state index contributed by atoms with van der Waals surface area (Å²) in [5.41, 5.74) is 4.14. The minimum atomic E-state index is -0.440. The van der Waals surface area contributed by atoms with Crippen LogP contribution >= 0.6 is 0 Å². The third kappa shape index (κ3) is 9.21. The first-order valence-corrected chi connectivity index (χ1v) is 15.0. The van der Waals surface area contributed by atoms with Crippen LogP contribution in [-0.2, 0) is 18.9 Å². The van der Waals surface area contributed by atoms with Crippen LogP contribution in [0.4, 0.5) is 0 Å². The molecule has 2 atom stereocenters. The molecule has 2 heterocycles. The third-order valence-corrected chi connectivity index (χ3v) is 7.24. The minimum absolute atomic E-state index is 0.0582. The maximum absolute atomic E-state index is 12.9. The highest BCUT2D eigenvalue weighted by atomic mass is 16.7. The first-order valence-electron chi connectivity index (χ1n) is 15.0. The van der Waals surface area contributed by atoms with Crippen LogP contribution in [0.15, 0.2) is 84.9 Å². The average Bonchev–Trinajstić information content (AvgIpc) is 4.01. The molecule has 4 aromatic rings. The third-order valence-electron chi connectivity index (χ3n) is 7.24. The zero-order chi connectivity index (χ0) is 31.7. The van der Waals surface area contributed by atoms with Gasteiger partial charge in [0.15, 0.2) is 13.6 Å². The second-order valence-electron chi connectivity index (χ2n) is 10.9. The normalized spacial score (nSPS) is 16.4. The van der Waals surface area contributed by atoms with Gasteiger partial charge in [-0.1, -0.05) is 12.1 Å². The maximum atomic E-state index is 12.9. The number of esters is 1. The molecule has 0 bridgehead atoms. The number of carbonyl (C=O) groups excluding carboxylic acids is 1. The van der Waals surface area contributed by atoms with Gasteiger partial charge in [0.1, 0.15) is 41.0 Å². The van der Waals surface area contributed by atoms with E-state index in [9.17, 15) is 4.79 Å². The van der Waals surface area contributed by atoms with Gasteiger partial charge in [-0.15, -0.1) is 0 Å². The molecular formula is C36H36O10. The van der Waals surface area contributed by atoms with E-state index in [1.807, 2.05) is 74.5 Å². The number of rotatable bonds is 17. The van der Waals surface area contributed by atoms with Gasteiger partial charge in [0, 0.05) is 0 Å². The van der Waals surface area contributed by atoms with Crippen LogP contribution < -0.4 is 23.7 Å². The van der Waals surface area contributed by atoms with Gasteiger partial charge in [-0.25, -0.2) is 4.79 Å². The number of aryl methyl sites for hydroxylation is 2. The highest BCUT2D eigenvalue weighted by Gasteiger charge is 2.23.